The Morgan fingerprint density at radius 1 is 1.20 bits per heavy atom. The number of carboxylic acids is 2. The van der Waals surface area contributed by atoms with Gasteiger partial charge >= 0.3 is 35.0 Å². The summed E-state index contributed by atoms with van der Waals surface area (Å²) >= 11 is 0. The van der Waals surface area contributed by atoms with Gasteiger partial charge in [-0.15, -0.1) is 0 Å². The first kappa shape index (κ1) is 24.1. The Hall–Kier alpha value is -0.334. The number of carbonyl (C=O) groups is 2. The fourth-order valence-electron chi connectivity index (χ4n) is 0.129. The van der Waals surface area contributed by atoms with Crippen LogP contribution in [0.2, 0.25) is 0 Å². The number of carboxylic acid groups (broad SMARTS) is 2. The van der Waals surface area contributed by atoms with Crippen molar-refractivity contribution in [2.75, 3.05) is 0 Å². The smallest absolute Gasteiger partial charge is 0.481 e. The summed E-state index contributed by atoms with van der Waals surface area (Å²) in [5.41, 5.74) is 0. The van der Waals surface area contributed by atoms with Gasteiger partial charge in [0.1, 0.15) is 6.42 Å². The molecule has 15 heavy (non-hydrogen) atoms. The van der Waals surface area contributed by atoms with Gasteiger partial charge in [0.25, 0.3) is 0 Å². The Labute approximate surface area is 107 Å². The normalized spacial score (nSPS) is 9.13. The molecule has 0 aliphatic heterocycles. The largest absolute Gasteiger partial charge is 2.00 e. The molecule has 0 aromatic rings. The summed E-state index contributed by atoms with van der Waals surface area (Å²) in [6.07, 6.45) is -0.0602. The molecule has 0 aliphatic carbocycles. The quantitative estimate of drug-likeness (QED) is 0.379. The van der Waals surface area contributed by atoms with E-state index in [1.165, 1.54) is 0 Å². The van der Waals surface area contributed by atoms with Gasteiger partial charge in [0.05, 0.1) is 6.10 Å². The summed E-state index contributed by atoms with van der Waals surface area (Å²) in [5, 5.41) is 23.8. The number of hydrogen-bond acceptors (Lipinski definition) is 3. The van der Waals surface area contributed by atoms with Crippen LogP contribution in [-0.2, 0) is 9.59 Å². The molecule has 5 nitrogen and oxygen atoms in total. The first-order valence-electron chi connectivity index (χ1n) is 4.22. The van der Waals surface area contributed by atoms with Crippen LogP contribution < -0.4 is 0 Å². The molecule has 86 valence electrons. The Balaban J connectivity index is -0.0000000675. The van der Waals surface area contributed by atoms with Crippen molar-refractivity contribution < 1.29 is 24.9 Å². The second kappa shape index (κ2) is 19.3. The van der Waals surface area contributed by atoms with E-state index < -0.39 is 18.4 Å². The van der Waals surface area contributed by atoms with Gasteiger partial charge in [-0.3, -0.25) is 9.59 Å². The molecular formula is C9H19MgO5+. The average Bonchev–Trinajstić information content (AvgIpc) is 2.06. The van der Waals surface area contributed by atoms with E-state index in [1.807, 2.05) is 6.92 Å². The van der Waals surface area contributed by atoms with Gasteiger partial charge in [-0.2, -0.15) is 6.92 Å². The van der Waals surface area contributed by atoms with Crippen LogP contribution in [0.4, 0.5) is 0 Å². The van der Waals surface area contributed by atoms with E-state index >= 15 is 0 Å². The van der Waals surface area contributed by atoms with Crippen LogP contribution in [0.1, 0.15) is 33.6 Å². The predicted molar refractivity (Wildman–Crippen MR) is 58.6 cm³/mol. The number of aliphatic hydroxyl groups is 1. The maximum absolute atomic E-state index is 9.43. The summed E-state index contributed by atoms with van der Waals surface area (Å²) < 4.78 is 0. The molecule has 0 saturated heterocycles. The van der Waals surface area contributed by atoms with E-state index in [0.29, 0.717) is 0 Å². The van der Waals surface area contributed by atoms with Crippen LogP contribution in [-0.4, -0.2) is 56.4 Å². The SMILES string of the molecule is CCC(C)O.O=C(O)CC(=O)O.[CH2-]C.[Mg+2]. The van der Waals surface area contributed by atoms with Gasteiger partial charge in [0.15, 0.2) is 0 Å². The Kier molecular flexibility index (Phi) is 30.9. The Bertz CT molecular complexity index is 135. The molecule has 3 N–H and O–H groups in total. The van der Waals surface area contributed by atoms with Crippen LogP contribution in [0, 0.1) is 6.92 Å². The molecule has 0 aromatic carbocycles. The summed E-state index contributed by atoms with van der Waals surface area (Å²) in [6, 6.07) is 0. The standard InChI is InChI=1S/C4H10O.C3H4O4.C2H5.Mg/c1-3-4(2)5;4-2(5)1-3(6)7;1-2;/h4-5H,3H2,1-2H3;1H2,(H,4,5)(H,6,7);1H2,2H3;/q;;-1;+2. The van der Waals surface area contributed by atoms with Crippen molar-refractivity contribution in [3.63, 3.8) is 0 Å². The molecule has 0 spiro atoms. The van der Waals surface area contributed by atoms with Crippen LogP contribution in [0.5, 0.6) is 0 Å². The van der Waals surface area contributed by atoms with E-state index in [1.54, 1.807) is 13.8 Å². The zero-order valence-electron chi connectivity index (χ0n) is 9.56. The van der Waals surface area contributed by atoms with Crippen LogP contribution in [0.15, 0.2) is 0 Å². The van der Waals surface area contributed by atoms with Gasteiger partial charge in [-0.1, -0.05) is 6.92 Å². The first-order valence-corrected chi connectivity index (χ1v) is 4.22. The molecule has 0 heterocycles. The molecule has 0 rings (SSSR count). The maximum atomic E-state index is 9.43. The second-order valence-electron chi connectivity index (χ2n) is 2.22. The Morgan fingerprint density at radius 2 is 1.40 bits per heavy atom. The second-order valence-corrected chi connectivity index (χ2v) is 2.22. The number of hydrogen-bond donors (Lipinski definition) is 3. The summed E-state index contributed by atoms with van der Waals surface area (Å²) in [4.78, 5) is 18.9. The van der Waals surface area contributed by atoms with E-state index in [-0.39, 0.29) is 29.2 Å². The van der Waals surface area contributed by atoms with E-state index in [2.05, 4.69) is 6.92 Å². The van der Waals surface area contributed by atoms with Crippen molar-refractivity contribution in [3.8, 4) is 0 Å². The monoisotopic (exact) mass is 231 g/mol. The summed E-state index contributed by atoms with van der Waals surface area (Å²) in [7, 11) is 0. The third kappa shape index (κ3) is 57.9. The summed E-state index contributed by atoms with van der Waals surface area (Å²) in [6.45, 7) is 8.73. The van der Waals surface area contributed by atoms with Crippen molar-refractivity contribution in [1.29, 1.82) is 0 Å². The molecule has 1 unspecified atom stereocenters. The molecule has 0 amide bonds. The maximum Gasteiger partial charge on any atom is 2.00 e. The molecular weight excluding hydrogens is 212 g/mol. The van der Waals surface area contributed by atoms with Crippen molar-refractivity contribution in [1.82, 2.24) is 0 Å². The predicted octanol–water partition coefficient (Wildman–Crippen LogP) is 0.782. The van der Waals surface area contributed by atoms with Gasteiger partial charge in [0.2, 0.25) is 0 Å². The third-order valence-electron chi connectivity index (χ3n) is 0.893. The summed E-state index contributed by atoms with van der Waals surface area (Å²) in [5.74, 6) is -2.62. The average molecular weight is 232 g/mol. The number of rotatable bonds is 3. The number of aliphatic hydroxyl groups excluding tert-OH is 1. The first-order chi connectivity index (χ1) is 6.40. The minimum Gasteiger partial charge on any atom is -0.481 e. The molecule has 0 saturated carbocycles. The van der Waals surface area contributed by atoms with E-state index in [9.17, 15) is 9.59 Å². The zero-order valence-corrected chi connectivity index (χ0v) is 11.0. The minimum absolute atomic E-state index is 0. The van der Waals surface area contributed by atoms with Crippen molar-refractivity contribution in [3.05, 3.63) is 6.92 Å². The van der Waals surface area contributed by atoms with Crippen LogP contribution in [0.25, 0.3) is 0 Å². The van der Waals surface area contributed by atoms with E-state index in [0.717, 1.165) is 6.42 Å². The molecule has 0 aromatic heterocycles. The zero-order chi connectivity index (χ0) is 12.1. The molecule has 0 radical (unpaired) electrons. The fourth-order valence-corrected chi connectivity index (χ4v) is 0.129. The van der Waals surface area contributed by atoms with Gasteiger partial charge in [-0.25, -0.2) is 0 Å². The van der Waals surface area contributed by atoms with Gasteiger partial charge in [0, 0.05) is 0 Å². The van der Waals surface area contributed by atoms with Gasteiger partial charge in [-0.05, 0) is 13.3 Å². The fraction of sp³-hybridized carbons (Fsp3) is 0.667. The van der Waals surface area contributed by atoms with Crippen molar-refractivity contribution in [2.45, 2.75) is 39.7 Å². The van der Waals surface area contributed by atoms with Crippen LogP contribution >= 0.6 is 0 Å². The molecule has 0 aliphatic rings. The van der Waals surface area contributed by atoms with Crippen molar-refractivity contribution >= 4 is 35.0 Å². The minimum atomic E-state index is -1.31. The van der Waals surface area contributed by atoms with Crippen molar-refractivity contribution in [2.24, 2.45) is 0 Å². The third-order valence-corrected chi connectivity index (χ3v) is 0.893. The van der Waals surface area contributed by atoms with Gasteiger partial charge < -0.3 is 22.2 Å². The Morgan fingerprint density at radius 3 is 1.40 bits per heavy atom. The molecule has 0 bridgehead atoms. The van der Waals surface area contributed by atoms with E-state index in [4.69, 9.17) is 15.3 Å². The molecule has 1 atom stereocenters. The molecule has 6 heteroatoms. The number of aliphatic carboxylic acids is 2. The topological polar surface area (TPSA) is 94.8 Å². The van der Waals surface area contributed by atoms with Crippen LogP contribution in [0.3, 0.4) is 0 Å². The molecule has 0 fully saturated rings.